The fourth-order valence-corrected chi connectivity index (χ4v) is 2.35. The number of anilines is 2. The third-order valence-corrected chi connectivity index (χ3v) is 3.39. The molecule has 0 unspecified atom stereocenters. The molecule has 5 heteroatoms. The van der Waals surface area contributed by atoms with Crippen LogP contribution in [0.15, 0.2) is 18.2 Å². The molecule has 2 fully saturated rings. The van der Waals surface area contributed by atoms with Gasteiger partial charge < -0.3 is 19.3 Å². The van der Waals surface area contributed by atoms with Gasteiger partial charge in [-0.05, 0) is 12.1 Å². The van der Waals surface area contributed by atoms with Crippen molar-refractivity contribution in [1.82, 2.24) is 4.98 Å². The van der Waals surface area contributed by atoms with Gasteiger partial charge in [0, 0.05) is 26.2 Å². The quantitative estimate of drug-likeness (QED) is 0.773. The minimum Gasteiger partial charge on any atom is -0.378 e. The third kappa shape index (κ3) is 2.57. The Hall–Kier alpha value is -1.33. The maximum atomic E-state index is 5.37. The lowest BCUT2D eigenvalue weighted by molar-refractivity contribution is 0.121. The molecule has 0 aromatic carbocycles. The van der Waals surface area contributed by atoms with Crippen LogP contribution in [0.4, 0.5) is 11.6 Å². The summed E-state index contributed by atoms with van der Waals surface area (Å²) in [6.07, 6.45) is 0. The van der Waals surface area contributed by atoms with Gasteiger partial charge in [-0.1, -0.05) is 6.07 Å². The molecule has 0 radical (unpaired) electrons. The van der Waals surface area contributed by atoms with Gasteiger partial charge in [-0.2, -0.15) is 0 Å². The minimum absolute atomic E-state index is 0.795. The van der Waals surface area contributed by atoms with E-state index in [9.17, 15) is 0 Å². The topological polar surface area (TPSA) is 37.8 Å². The van der Waals surface area contributed by atoms with Crippen molar-refractivity contribution in [2.45, 2.75) is 0 Å². The summed E-state index contributed by atoms with van der Waals surface area (Å²) < 4.78 is 10.7. The first-order valence-corrected chi connectivity index (χ1v) is 6.56. The highest BCUT2D eigenvalue weighted by Crippen LogP contribution is 2.19. The second-order valence-corrected chi connectivity index (χ2v) is 4.55. The Bertz CT molecular complexity index is 354. The SMILES string of the molecule is c1cc(N2CCOCC2)nc(N2CCOCC2)c1. The number of aromatic nitrogens is 1. The van der Waals surface area contributed by atoms with E-state index in [2.05, 4.69) is 28.0 Å². The molecule has 1 aromatic heterocycles. The van der Waals surface area contributed by atoms with Crippen molar-refractivity contribution in [2.75, 3.05) is 62.4 Å². The number of ether oxygens (including phenoxy) is 2. The molecule has 2 saturated heterocycles. The van der Waals surface area contributed by atoms with Gasteiger partial charge >= 0.3 is 0 Å². The van der Waals surface area contributed by atoms with Gasteiger partial charge in [0.05, 0.1) is 26.4 Å². The zero-order valence-corrected chi connectivity index (χ0v) is 10.5. The summed E-state index contributed by atoms with van der Waals surface area (Å²) >= 11 is 0. The highest BCUT2D eigenvalue weighted by molar-refractivity contribution is 5.49. The van der Waals surface area contributed by atoms with E-state index in [4.69, 9.17) is 14.5 Å². The lowest BCUT2D eigenvalue weighted by Gasteiger charge is -2.31. The Labute approximate surface area is 107 Å². The second-order valence-electron chi connectivity index (χ2n) is 4.55. The molecule has 0 spiro atoms. The molecule has 0 amide bonds. The molecule has 2 aliphatic rings. The van der Waals surface area contributed by atoms with Crippen LogP contribution in [0, 0.1) is 0 Å². The van der Waals surface area contributed by atoms with E-state index in [1.807, 2.05) is 0 Å². The first-order valence-electron chi connectivity index (χ1n) is 6.56. The zero-order chi connectivity index (χ0) is 12.2. The van der Waals surface area contributed by atoms with Crippen LogP contribution in [0.1, 0.15) is 0 Å². The molecule has 0 aliphatic carbocycles. The number of rotatable bonds is 2. The molecule has 1 aromatic rings. The summed E-state index contributed by atoms with van der Waals surface area (Å²) in [5.41, 5.74) is 0. The fourth-order valence-electron chi connectivity index (χ4n) is 2.35. The van der Waals surface area contributed by atoms with Crippen LogP contribution < -0.4 is 9.80 Å². The van der Waals surface area contributed by atoms with Crippen molar-refractivity contribution in [3.05, 3.63) is 18.2 Å². The number of hydrogen-bond donors (Lipinski definition) is 0. The van der Waals surface area contributed by atoms with Crippen LogP contribution in [-0.4, -0.2) is 57.6 Å². The molecule has 3 rings (SSSR count). The van der Waals surface area contributed by atoms with Gasteiger partial charge in [-0.15, -0.1) is 0 Å². The third-order valence-electron chi connectivity index (χ3n) is 3.39. The minimum atomic E-state index is 0.795. The van der Waals surface area contributed by atoms with Crippen LogP contribution in [0.3, 0.4) is 0 Å². The second kappa shape index (κ2) is 5.54. The molecular formula is C13H19N3O2. The van der Waals surface area contributed by atoms with Crippen LogP contribution in [0.2, 0.25) is 0 Å². The summed E-state index contributed by atoms with van der Waals surface area (Å²) in [7, 11) is 0. The standard InChI is InChI=1S/C13H19N3O2/c1-2-12(15-4-8-17-9-5-15)14-13(3-1)16-6-10-18-11-7-16/h1-3H,4-11H2. The van der Waals surface area contributed by atoms with Gasteiger partial charge in [0.2, 0.25) is 0 Å². The van der Waals surface area contributed by atoms with Crippen molar-refractivity contribution in [3.63, 3.8) is 0 Å². The number of nitrogens with zero attached hydrogens (tertiary/aromatic N) is 3. The Balaban J connectivity index is 1.75. The van der Waals surface area contributed by atoms with Crippen molar-refractivity contribution in [1.29, 1.82) is 0 Å². The molecule has 5 nitrogen and oxygen atoms in total. The molecule has 18 heavy (non-hydrogen) atoms. The predicted octanol–water partition coefficient (Wildman–Crippen LogP) is 0.755. The van der Waals surface area contributed by atoms with E-state index in [0.717, 1.165) is 64.2 Å². The number of pyridine rings is 1. The van der Waals surface area contributed by atoms with E-state index in [1.165, 1.54) is 0 Å². The molecule has 0 atom stereocenters. The summed E-state index contributed by atoms with van der Waals surface area (Å²) in [5, 5.41) is 0. The molecule has 98 valence electrons. The van der Waals surface area contributed by atoms with E-state index in [0.29, 0.717) is 0 Å². The number of morpholine rings is 2. The van der Waals surface area contributed by atoms with Crippen molar-refractivity contribution in [3.8, 4) is 0 Å². The predicted molar refractivity (Wildman–Crippen MR) is 70.3 cm³/mol. The van der Waals surface area contributed by atoms with Crippen LogP contribution in [0.5, 0.6) is 0 Å². The Kier molecular flexibility index (Phi) is 3.61. The monoisotopic (exact) mass is 249 g/mol. The van der Waals surface area contributed by atoms with Gasteiger partial charge in [-0.25, -0.2) is 4.98 Å². The van der Waals surface area contributed by atoms with E-state index in [1.54, 1.807) is 0 Å². The van der Waals surface area contributed by atoms with E-state index >= 15 is 0 Å². The number of hydrogen-bond acceptors (Lipinski definition) is 5. The molecule has 0 saturated carbocycles. The average molecular weight is 249 g/mol. The smallest absolute Gasteiger partial charge is 0.131 e. The maximum absolute atomic E-state index is 5.37. The van der Waals surface area contributed by atoms with Gasteiger partial charge in [0.15, 0.2) is 0 Å². The van der Waals surface area contributed by atoms with E-state index in [-0.39, 0.29) is 0 Å². The van der Waals surface area contributed by atoms with Crippen LogP contribution in [0.25, 0.3) is 0 Å². The summed E-state index contributed by atoms with van der Waals surface area (Å²) in [6, 6.07) is 6.24. The molecule has 2 aliphatic heterocycles. The maximum Gasteiger partial charge on any atom is 0.131 e. The Morgan fingerprint density at radius 1 is 0.778 bits per heavy atom. The van der Waals surface area contributed by atoms with Gasteiger partial charge in [-0.3, -0.25) is 0 Å². The Morgan fingerprint density at radius 3 is 1.67 bits per heavy atom. The van der Waals surface area contributed by atoms with Crippen LogP contribution >= 0.6 is 0 Å². The van der Waals surface area contributed by atoms with Crippen molar-refractivity contribution in [2.24, 2.45) is 0 Å². The lowest BCUT2D eigenvalue weighted by Crippen LogP contribution is -2.38. The largest absolute Gasteiger partial charge is 0.378 e. The van der Waals surface area contributed by atoms with Crippen LogP contribution in [-0.2, 0) is 9.47 Å². The molecular weight excluding hydrogens is 230 g/mol. The normalized spacial score (nSPS) is 21.1. The first-order chi connectivity index (χ1) is 8.93. The Morgan fingerprint density at radius 2 is 1.22 bits per heavy atom. The van der Waals surface area contributed by atoms with Gasteiger partial charge in [0.1, 0.15) is 11.6 Å². The van der Waals surface area contributed by atoms with Crippen molar-refractivity contribution >= 4 is 11.6 Å². The first kappa shape index (κ1) is 11.7. The summed E-state index contributed by atoms with van der Waals surface area (Å²) in [6.45, 7) is 6.90. The highest BCUT2D eigenvalue weighted by Gasteiger charge is 2.16. The van der Waals surface area contributed by atoms with Crippen molar-refractivity contribution < 1.29 is 9.47 Å². The summed E-state index contributed by atoms with van der Waals surface area (Å²) in [5.74, 6) is 2.12. The summed E-state index contributed by atoms with van der Waals surface area (Å²) in [4.78, 5) is 9.33. The molecule has 0 bridgehead atoms. The van der Waals surface area contributed by atoms with Gasteiger partial charge in [0.25, 0.3) is 0 Å². The molecule has 0 N–H and O–H groups in total. The highest BCUT2D eigenvalue weighted by atomic mass is 16.5. The average Bonchev–Trinajstić information content (AvgIpc) is 2.49. The molecule has 3 heterocycles. The zero-order valence-electron chi connectivity index (χ0n) is 10.5. The fraction of sp³-hybridized carbons (Fsp3) is 0.615. The lowest BCUT2D eigenvalue weighted by atomic mass is 10.3. The van der Waals surface area contributed by atoms with E-state index < -0.39 is 0 Å².